The van der Waals surface area contributed by atoms with Crippen LogP contribution in [0.3, 0.4) is 0 Å². The smallest absolute Gasteiger partial charge is 0.295 e. The minimum absolute atomic E-state index is 0.162. The topological polar surface area (TPSA) is 73.1 Å². The zero-order valence-corrected chi connectivity index (χ0v) is 12.2. The molecule has 0 aliphatic heterocycles. The van der Waals surface area contributed by atoms with E-state index in [1.165, 1.54) is 21.3 Å². The van der Waals surface area contributed by atoms with Gasteiger partial charge in [0.15, 0.2) is 0 Å². The summed E-state index contributed by atoms with van der Waals surface area (Å²) in [6.07, 6.45) is 0. The van der Waals surface area contributed by atoms with E-state index >= 15 is 0 Å². The van der Waals surface area contributed by atoms with Crippen molar-refractivity contribution >= 4 is 21.1 Å². The molecule has 0 saturated carbocycles. The van der Waals surface area contributed by atoms with Crippen LogP contribution >= 0.6 is 0 Å². The molecule has 2 aromatic rings. The Morgan fingerprint density at radius 1 is 1.11 bits per heavy atom. The van der Waals surface area contributed by atoms with Crippen LogP contribution in [0.4, 0.5) is 0 Å². The second-order valence-corrected chi connectivity index (χ2v) is 6.54. The lowest BCUT2D eigenvalue weighted by atomic mass is 10.3. The summed E-state index contributed by atoms with van der Waals surface area (Å²) in [5, 5.41) is 0. The van der Waals surface area contributed by atoms with Crippen LogP contribution in [0.5, 0.6) is 0 Å². The highest BCUT2D eigenvalue weighted by Gasteiger charge is 2.17. The van der Waals surface area contributed by atoms with Crippen molar-refractivity contribution in [3.05, 3.63) is 28.7 Å². The molecule has 0 radical (unpaired) electrons. The molecule has 0 saturated heterocycles. The third kappa shape index (κ3) is 2.31. The van der Waals surface area contributed by atoms with Crippen molar-refractivity contribution in [1.82, 2.24) is 13.9 Å². The molecular formula is C12H17N3O3S. The van der Waals surface area contributed by atoms with Gasteiger partial charge in [-0.25, -0.2) is 17.9 Å². The van der Waals surface area contributed by atoms with Gasteiger partial charge in [0, 0.05) is 20.1 Å². The summed E-state index contributed by atoms with van der Waals surface area (Å²) in [6, 6.07) is 4.49. The standard InChI is InChI=1S/C12H17N3O3S/c1-8(2)13-19(17,18)9-5-6-10-11(7-9)15(4)12(16)14(10)3/h5-8,13H,1-4H3. The van der Waals surface area contributed by atoms with Gasteiger partial charge in [0.25, 0.3) is 0 Å². The molecule has 19 heavy (non-hydrogen) atoms. The van der Waals surface area contributed by atoms with Gasteiger partial charge in [-0.15, -0.1) is 0 Å². The number of aryl methyl sites for hydroxylation is 2. The second kappa shape index (κ2) is 4.50. The van der Waals surface area contributed by atoms with Crippen LogP contribution in [-0.2, 0) is 24.1 Å². The molecule has 0 fully saturated rings. The SMILES string of the molecule is CC(C)NS(=O)(=O)c1ccc2c(c1)n(C)c(=O)n2C. The fourth-order valence-corrected chi connectivity index (χ4v) is 3.30. The first-order chi connectivity index (χ1) is 8.74. The third-order valence-corrected chi connectivity index (χ3v) is 4.60. The highest BCUT2D eigenvalue weighted by molar-refractivity contribution is 7.89. The quantitative estimate of drug-likeness (QED) is 0.894. The van der Waals surface area contributed by atoms with Crippen LogP contribution in [0.2, 0.25) is 0 Å². The number of fused-ring (bicyclic) bond motifs is 1. The van der Waals surface area contributed by atoms with Gasteiger partial charge in [0.2, 0.25) is 10.0 Å². The molecule has 1 aromatic heterocycles. The summed E-state index contributed by atoms with van der Waals surface area (Å²) in [6.45, 7) is 3.52. The number of sulfonamides is 1. The average Bonchev–Trinajstić information content (AvgIpc) is 2.53. The van der Waals surface area contributed by atoms with Crippen molar-refractivity contribution in [1.29, 1.82) is 0 Å². The van der Waals surface area contributed by atoms with Gasteiger partial charge < -0.3 is 0 Å². The number of nitrogens with one attached hydrogen (secondary N) is 1. The molecule has 0 aliphatic carbocycles. The predicted octanol–water partition coefficient (Wildman–Crippen LogP) is 0.564. The largest absolute Gasteiger partial charge is 0.328 e. The lowest BCUT2D eigenvalue weighted by Gasteiger charge is -2.09. The monoisotopic (exact) mass is 283 g/mol. The van der Waals surface area contributed by atoms with Crippen molar-refractivity contribution in [3.63, 3.8) is 0 Å². The van der Waals surface area contributed by atoms with Crippen molar-refractivity contribution in [2.75, 3.05) is 0 Å². The number of hydrogen-bond acceptors (Lipinski definition) is 3. The lowest BCUT2D eigenvalue weighted by molar-refractivity contribution is 0.570. The normalized spacial score (nSPS) is 12.5. The summed E-state index contributed by atoms with van der Waals surface area (Å²) in [4.78, 5) is 11.9. The van der Waals surface area contributed by atoms with Crippen LogP contribution in [0.1, 0.15) is 13.8 Å². The Kier molecular flexibility index (Phi) is 3.27. The third-order valence-electron chi connectivity index (χ3n) is 2.94. The maximum absolute atomic E-state index is 12.1. The van der Waals surface area contributed by atoms with Gasteiger partial charge in [0.1, 0.15) is 0 Å². The summed E-state index contributed by atoms with van der Waals surface area (Å²) >= 11 is 0. The van der Waals surface area contributed by atoms with Crippen molar-refractivity contribution in [2.45, 2.75) is 24.8 Å². The van der Waals surface area contributed by atoms with Crippen LogP contribution in [0.25, 0.3) is 11.0 Å². The Labute approximate surface area is 111 Å². The van der Waals surface area contributed by atoms with E-state index < -0.39 is 10.0 Å². The summed E-state index contributed by atoms with van der Waals surface area (Å²) in [7, 11) is -0.266. The van der Waals surface area contributed by atoms with Gasteiger partial charge in [-0.05, 0) is 32.0 Å². The molecule has 0 spiro atoms. The van der Waals surface area contributed by atoms with Gasteiger partial charge in [-0.1, -0.05) is 0 Å². The van der Waals surface area contributed by atoms with Crippen LogP contribution in [0.15, 0.2) is 27.9 Å². The van der Waals surface area contributed by atoms with Gasteiger partial charge in [-0.2, -0.15) is 0 Å². The molecule has 1 aromatic carbocycles. The number of imidazole rings is 1. The minimum Gasteiger partial charge on any atom is -0.295 e. The van der Waals surface area contributed by atoms with Crippen molar-refractivity contribution < 1.29 is 8.42 Å². The van der Waals surface area contributed by atoms with E-state index in [9.17, 15) is 13.2 Å². The van der Waals surface area contributed by atoms with E-state index in [1.807, 2.05) is 0 Å². The van der Waals surface area contributed by atoms with Gasteiger partial charge >= 0.3 is 5.69 Å². The molecule has 7 heteroatoms. The molecule has 0 amide bonds. The second-order valence-electron chi connectivity index (χ2n) is 4.83. The Balaban J connectivity index is 2.66. The van der Waals surface area contributed by atoms with Gasteiger partial charge in [0.05, 0.1) is 15.9 Å². The molecule has 0 atom stereocenters. The maximum atomic E-state index is 12.1. The highest BCUT2D eigenvalue weighted by atomic mass is 32.2. The summed E-state index contributed by atoms with van der Waals surface area (Å²) in [5.41, 5.74) is 1.12. The molecule has 0 bridgehead atoms. The maximum Gasteiger partial charge on any atom is 0.328 e. The molecule has 1 N–H and O–H groups in total. The summed E-state index contributed by atoms with van der Waals surface area (Å²) < 4.78 is 29.6. The first-order valence-corrected chi connectivity index (χ1v) is 7.40. The zero-order chi connectivity index (χ0) is 14.4. The summed E-state index contributed by atoms with van der Waals surface area (Å²) in [5.74, 6) is 0. The fraction of sp³-hybridized carbons (Fsp3) is 0.417. The number of hydrogen-bond donors (Lipinski definition) is 1. The number of aromatic nitrogens is 2. The molecule has 0 aliphatic rings. The van der Waals surface area contributed by atoms with E-state index in [4.69, 9.17) is 0 Å². The van der Waals surface area contributed by atoms with Crippen molar-refractivity contribution in [2.24, 2.45) is 14.1 Å². The molecule has 1 heterocycles. The predicted molar refractivity (Wildman–Crippen MR) is 73.6 cm³/mol. The van der Waals surface area contributed by atoms with E-state index in [-0.39, 0.29) is 16.6 Å². The molecule has 2 rings (SSSR count). The van der Waals surface area contributed by atoms with E-state index in [0.717, 1.165) is 0 Å². The first-order valence-electron chi connectivity index (χ1n) is 5.92. The molecule has 104 valence electrons. The molecule has 0 unspecified atom stereocenters. The molecule has 6 nitrogen and oxygen atoms in total. The Morgan fingerprint density at radius 3 is 2.26 bits per heavy atom. The van der Waals surface area contributed by atoms with E-state index in [2.05, 4.69) is 4.72 Å². The van der Waals surface area contributed by atoms with Gasteiger partial charge in [-0.3, -0.25) is 9.13 Å². The number of rotatable bonds is 3. The zero-order valence-electron chi connectivity index (χ0n) is 11.3. The average molecular weight is 283 g/mol. The van der Waals surface area contributed by atoms with E-state index in [0.29, 0.717) is 11.0 Å². The van der Waals surface area contributed by atoms with E-state index in [1.54, 1.807) is 34.0 Å². The Bertz CT molecular complexity index is 784. The van der Waals surface area contributed by atoms with Crippen LogP contribution < -0.4 is 10.4 Å². The Morgan fingerprint density at radius 2 is 1.68 bits per heavy atom. The molecular weight excluding hydrogens is 266 g/mol. The number of nitrogens with zero attached hydrogens (tertiary/aromatic N) is 2. The lowest BCUT2D eigenvalue weighted by Crippen LogP contribution is -2.30. The number of benzene rings is 1. The van der Waals surface area contributed by atoms with Crippen LogP contribution in [-0.4, -0.2) is 23.6 Å². The fourth-order valence-electron chi connectivity index (χ4n) is 2.03. The first kappa shape index (κ1) is 13.8. The minimum atomic E-state index is -3.55. The van der Waals surface area contributed by atoms with Crippen LogP contribution in [0, 0.1) is 0 Å². The van der Waals surface area contributed by atoms with Crippen molar-refractivity contribution in [3.8, 4) is 0 Å². The Hall–Kier alpha value is -1.60. The highest BCUT2D eigenvalue weighted by Crippen LogP contribution is 2.17.